The van der Waals surface area contributed by atoms with Crippen LogP contribution >= 0.6 is 0 Å². The Bertz CT molecular complexity index is 1880. The molecule has 4 aromatic carbocycles. The van der Waals surface area contributed by atoms with Gasteiger partial charge in [-0.2, -0.15) is 0 Å². The molecule has 58 heavy (non-hydrogen) atoms. The fourth-order valence-electron chi connectivity index (χ4n) is 8.65. The van der Waals surface area contributed by atoms with Gasteiger partial charge in [0, 0.05) is 74.6 Å². The van der Waals surface area contributed by atoms with E-state index < -0.39 is 9.85 Å². The largest absolute Gasteiger partial charge is 0.314 e. The zero-order valence-corrected chi connectivity index (χ0v) is 33.5. The summed E-state index contributed by atoms with van der Waals surface area (Å²) < 4.78 is 0. The van der Waals surface area contributed by atoms with Crippen LogP contribution in [-0.4, -0.2) is 88.7 Å². The lowest BCUT2D eigenvalue weighted by Gasteiger charge is -2.50. The van der Waals surface area contributed by atoms with Gasteiger partial charge in [0.25, 0.3) is 11.4 Å². The fraction of sp³-hybridized carbons (Fsp3) is 0.435. The second-order valence-electron chi connectivity index (χ2n) is 15.6. The van der Waals surface area contributed by atoms with Crippen LogP contribution < -0.4 is 10.6 Å². The molecule has 12 heteroatoms. The summed E-state index contributed by atoms with van der Waals surface area (Å²) in [5.74, 6) is -0.746. The van der Waals surface area contributed by atoms with Gasteiger partial charge in [-0.15, -0.1) is 0 Å². The highest BCUT2D eigenvalue weighted by atomic mass is 16.6. The number of nitro groups is 2. The number of carbonyl (C=O) groups excluding carboxylic acids is 2. The first-order chi connectivity index (χ1) is 28.2. The van der Waals surface area contributed by atoms with E-state index >= 15 is 0 Å². The predicted molar refractivity (Wildman–Crippen MR) is 226 cm³/mol. The van der Waals surface area contributed by atoms with Crippen LogP contribution in [-0.2, 0) is 12.8 Å². The third kappa shape index (κ3) is 10.9. The summed E-state index contributed by atoms with van der Waals surface area (Å²) in [6.07, 6.45) is 10.5. The monoisotopic (exact) mass is 788 g/mol. The Morgan fingerprint density at radius 2 is 1.07 bits per heavy atom. The number of carbonyl (C=O) groups is 2. The molecule has 12 nitrogen and oxygen atoms in total. The van der Waals surface area contributed by atoms with Crippen LogP contribution in [0.25, 0.3) is 0 Å². The van der Waals surface area contributed by atoms with Gasteiger partial charge in [-0.1, -0.05) is 125 Å². The van der Waals surface area contributed by atoms with Gasteiger partial charge in [0.2, 0.25) is 0 Å². The standard InChI is InChI=1S/C46H56N6O6/c1-2-3-4-5-6-7-14-19-44(49-26-24-47-32-38(49)28-34-20-22-40(42(30-34)51(55)56)45(53)36-15-10-8-11-16-36)50-27-25-48-33-39(50)29-35-21-23-41(43(31-35)52(57)58)46(54)37-17-12-9-13-18-37/h8-13,15-18,20-23,30-31,38-39,44,47-48H,2-7,14,19,24-29,32-33H2,1H3. The molecule has 306 valence electrons. The van der Waals surface area contributed by atoms with Crippen molar-refractivity contribution < 1.29 is 19.4 Å². The number of rotatable bonds is 20. The van der Waals surface area contributed by atoms with Crippen LogP contribution in [0.15, 0.2) is 97.1 Å². The van der Waals surface area contributed by atoms with Crippen LogP contribution in [0.2, 0.25) is 0 Å². The molecule has 0 bridgehead atoms. The minimum atomic E-state index is -0.459. The van der Waals surface area contributed by atoms with Crippen molar-refractivity contribution in [1.82, 2.24) is 20.4 Å². The average molecular weight is 789 g/mol. The van der Waals surface area contributed by atoms with Gasteiger partial charge in [0.05, 0.1) is 16.0 Å². The van der Waals surface area contributed by atoms with Crippen LogP contribution in [0.4, 0.5) is 11.4 Å². The van der Waals surface area contributed by atoms with E-state index in [0.717, 1.165) is 56.6 Å². The van der Waals surface area contributed by atoms with E-state index in [4.69, 9.17) is 0 Å². The number of nitro benzene ring substituents is 2. The number of unbranched alkanes of at least 4 members (excludes halogenated alkanes) is 6. The van der Waals surface area contributed by atoms with Crippen molar-refractivity contribution in [3.63, 3.8) is 0 Å². The van der Waals surface area contributed by atoms with E-state index in [1.807, 2.05) is 12.1 Å². The highest BCUT2D eigenvalue weighted by Crippen LogP contribution is 2.30. The van der Waals surface area contributed by atoms with Crippen molar-refractivity contribution in [1.29, 1.82) is 0 Å². The van der Waals surface area contributed by atoms with Gasteiger partial charge in [-0.25, -0.2) is 0 Å². The summed E-state index contributed by atoms with van der Waals surface area (Å²) in [6, 6.07) is 27.4. The molecule has 2 fully saturated rings. The summed E-state index contributed by atoms with van der Waals surface area (Å²) in [4.78, 5) is 55.6. The molecule has 6 rings (SSSR count). The minimum Gasteiger partial charge on any atom is -0.314 e. The van der Waals surface area contributed by atoms with E-state index in [9.17, 15) is 29.8 Å². The maximum atomic E-state index is 13.3. The zero-order valence-electron chi connectivity index (χ0n) is 33.5. The van der Waals surface area contributed by atoms with E-state index in [1.165, 1.54) is 32.1 Å². The topological polar surface area (TPSA) is 151 Å². The molecule has 0 aromatic heterocycles. The molecular formula is C46H56N6O6. The Morgan fingerprint density at radius 1 is 0.638 bits per heavy atom. The number of hydrogen-bond acceptors (Lipinski definition) is 10. The first-order valence-electron chi connectivity index (χ1n) is 20.9. The SMILES string of the molecule is CCCCCCCCCC(N1CCNCC1Cc1ccc(C(=O)c2ccccc2)c([N+](=O)[O-])c1)N1CCNCC1Cc1ccc(C(=O)c2ccccc2)c([N+](=O)[O-])c1. The number of ketones is 2. The third-order valence-corrected chi connectivity index (χ3v) is 11.6. The van der Waals surface area contributed by atoms with Crippen molar-refractivity contribution in [2.45, 2.75) is 89.4 Å². The van der Waals surface area contributed by atoms with Gasteiger partial charge in [-0.05, 0) is 42.5 Å². The molecular weight excluding hydrogens is 733 g/mol. The summed E-state index contributed by atoms with van der Waals surface area (Å²) in [6.45, 7) is 6.89. The van der Waals surface area contributed by atoms with Crippen molar-refractivity contribution in [3.05, 3.63) is 151 Å². The van der Waals surface area contributed by atoms with Gasteiger partial charge < -0.3 is 10.6 Å². The van der Waals surface area contributed by atoms with Crippen molar-refractivity contribution in [2.75, 3.05) is 39.3 Å². The van der Waals surface area contributed by atoms with Crippen LogP contribution in [0.1, 0.15) is 101 Å². The number of hydrogen-bond donors (Lipinski definition) is 2. The highest BCUT2D eigenvalue weighted by molar-refractivity contribution is 6.12. The summed E-state index contributed by atoms with van der Waals surface area (Å²) in [5.41, 5.74) is 2.21. The smallest absolute Gasteiger partial charge is 0.280 e. The summed E-state index contributed by atoms with van der Waals surface area (Å²) in [7, 11) is 0. The number of nitrogens with zero attached hydrogens (tertiary/aromatic N) is 4. The Morgan fingerprint density at radius 3 is 1.50 bits per heavy atom. The van der Waals surface area contributed by atoms with Crippen LogP contribution in [0.5, 0.6) is 0 Å². The lowest BCUT2D eigenvalue weighted by molar-refractivity contribution is -0.385. The molecule has 2 N–H and O–H groups in total. The molecule has 0 amide bonds. The number of nitrogens with one attached hydrogen (secondary N) is 2. The number of piperazine rings is 2. The van der Waals surface area contributed by atoms with E-state index in [2.05, 4.69) is 27.4 Å². The van der Waals surface area contributed by atoms with Crippen molar-refractivity contribution >= 4 is 22.9 Å². The molecule has 0 radical (unpaired) electrons. The quantitative estimate of drug-likeness (QED) is 0.0394. The Labute approximate surface area is 341 Å². The summed E-state index contributed by atoms with van der Waals surface area (Å²) >= 11 is 0. The predicted octanol–water partition coefficient (Wildman–Crippen LogP) is 7.76. The molecule has 2 heterocycles. The first-order valence-corrected chi connectivity index (χ1v) is 20.9. The van der Waals surface area contributed by atoms with E-state index in [-0.39, 0.29) is 52.3 Å². The van der Waals surface area contributed by atoms with Gasteiger partial charge in [-0.3, -0.25) is 39.6 Å². The molecule has 2 aliphatic heterocycles. The molecule has 2 unspecified atom stereocenters. The second kappa shape index (κ2) is 21.0. The lowest BCUT2D eigenvalue weighted by atomic mass is 9.94. The number of benzene rings is 4. The Kier molecular flexibility index (Phi) is 15.4. The molecule has 2 atom stereocenters. The van der Waals surface area contributed by atoms with Gasteiger partial charge in [0.1, 0.15) is 11.1 Å². The maximum absolute atomic E-state index is 13.3. The van der Waals surface area contributed by atoms with E-state index in [0.29, 0.717) is 37.1 Å². The molecule has 0 aliphatic carbocycles. The normalized spacial score (nSPS) is 18.1. The van der Waals surface area contributed by atoms with Gasteiger partial charge >= 0.3 is 0 Å². The minimum absolute atomic E-state index is 0.0403. The van der Waals surface area contributed by atoms with E-state index in [1.54, 1.807) is 84.9 Å². The highest BCUT2D eigenvalue weighted by Gasteiger charge is 2.37. The van der Waals surface area contributed by atoms with Gasteiger partial charge in [0.15, 0.2) is 11.6 Å². The molecule has 4 aromatic rings. The van der Waals surface area contributed by atoms with Crippen LogP contribution in [0, 0.1) is 20.2 Å². The lowest BCUT2D eigenvalue weighted by Crippen LogP contribution is -2.65. The average Bonchev–Trinajstić information content (AvgIpc) is 3.25. The third-order valence-electron chi connectivity index (χ3n) is 11.6. The molecule has 0 spiro atoms. The molecule has 2 aliphatic rings. The fourth-order valence-corrected chi connectivity index (χ4v) is 8.65. The molecule has 2 saturated heterocycles. The molecule has 0 saturated carbocycles. The van der Waals surface area contributed by atoms with Crippen LogP contribution in [0.3, 0.4) is 0 Å². The Balaban J connectivity index is 1.26. The zero-order chi connectivity index (χ0) is 40.9. The summed E-state index contributed by atoms with van der Waals surface area (Å²) in [5, 5.41) is 31.8. The van der Waals surface area contributed by atoms with Crippen molar-refractivity contribution in [3.8, 4) is 0 Å². The maximum Gasteiger partial charge on any atom is 0.280 e. The first kappa shape index (κ1) is 42.5. The Hall–Kier alpha value is -5.14. The second-order valence-corrected chi connectivity index (χ2v) is 15.6. The van der Waals surface area contributed by atoms with Crippen molar-refractivity contribution in [2.24, 2.45) is 0 Å².